The lowest BCUT2D eigenvalue weighted by Crippen LogP contribution is -2.55. The van der Waals surface area contributed by atoms with Crippen molar-refractivity contribution in [1.29, 1.82) is 0 Å². The summed E-state index contributed by atoms with van der Waals surface area (Å²) in [6.45, 7) is 8.82. The van der Waals surface area contributed by atoms with E-state index in [4.69, 9.17) is 27.9 Å². The predicted octanol–water partition coefficient (Wildman–Crippen LogP) is 5.68. The maximum absolute atomic E-state index is 13.5. The van der Waals surface area contributed by atoms with Crippen LogP contribution in [0.2, 0.25) is 10.0 Å². The normalized spacial score (nSPS) is 18.1. The molecule has 0 saturated carbocycles. The van der Waals surface area contributed by atoms with E-state index >= 15 is 0 Å². The van der Waals surface area contributed by atoms with E-state index in [0.29, 0.717) is 21.7 Å². The number of fused-ring (bicyclic) bond motifs is 2. The zero-order chi connectivity index (χ0) is 24.3. The molecule has 3 heterocycles. The molecule has 0 aliphatic carbocycles. The lowest BCUT2D eigenvalue weighted by Gasteiger charge is -2.42. The number of amides is 1. The van der Waals surface area contributed by atoms with Crippen LogP contribution in [-0.4, -0.2) is 28.1 Å². The number of ether oxygens (including phenoxy) is 1. The first-order chi connectivity index (χ1) is 16.1. The van der Waals surface area contributed by atoms with Gasteiger partial charge in [-0.3, -0.25) is 9.69 Å². The van der Waals surface area contributed by atoms with Crippen LogP contribution in [-0.2, 0) is 12.0 Å². The Morgan fingerprint density at radius 3 is 2.59 bits per heavy atom. The minimum absolute atomic E-state index is 0.0648. The Morgan fingerprint density at radius 1 is 1.12 bits per heavy atom. The number of hydrogen-bond acceptors (Lipinski definition) is 6. The largest absolute Gasteiger partial charge is 0.450 e. The molecule has 0 bridgehead atoms. The Bertz CT molecular complexity index is 1290. The fourth-order valence-corrected chi connectivity index (χ4v) is 5.16. The van der Waals surface area contributed by atoms with E-state index in [0.717, 1.165) is 18.7 Å². The highest BCUT2D eigenvalue weighted by Gasteiger charge is 2.43. The van der Waals surface area contributed by atoms with Gasteiger partial charge < -0.3 is 15.4 Å². The Kier molecular flexibility index (Phi) is 5.47. The molecule has 7 nitrogen and oxygen atoms in total. The molecule has 0 radical (unpaired) electrons. The van der Waals surface area contributed by atoms with Crippen LogP contribution in [0.4, 0.5) is 17.3 Å². The van der Waals surface area contributed by atoms with Gasteiger partial charge >= 0.3 is 0 Å². The summed E-state index contributed by atoms with van der Waals surface area (Å²) in [7, 11) is 0. The van der Waals surface area contributed by atoms with E-state index in [1.807, 2.05) is 6.07 Å². The number of nitrogens with zero attached hydrogens (tertiary/aromatic N) is 3. The molecule has 176 valence electrons. The van der Waals surface area contributed by atoms with Gasteiger partial charge in [0.1, 0.15) is 5.56 Å². The first-order valence-electron chi connectivity index (χ1n) is 11.1. The number of anilines is 3. The number of para-hydroxylation sites is 1. The van der Waals surface area contributed by atoms with Gasteiger partial charge in [0, 0.05) is 17.4 Å². The lowest BCUT2D eigenvalue weighted by molar-refractivity contribution is 0.0606. The summed E-state index contributed by atoms with van der Waals surface area (Å²) in [4.78, 5) is 23.8. The monoisotopic (exact) mass is 497 g/mol. The van der Waals surface area contributed by atoms with Gasteiger partial charge in [-0.15, -0.1) is 0 Å². The first-order valence-corrected chi connectivity index (χ1v) is 11.8. The lowest BCUT2D eigenvalue weighted by atomic mass is 9.85. The second-order valence-electron chi connectivity index (χ2n) is 9.47. The molecule has 0 spiro atoms. The molecule has 0 saturated heterocycles. The number of hydrogen-bond donors (Lipinski definition) is 2. The topological polar surface area (TPSA) is 79.4 Å². The molecule has 3 aromatic rings. The van der Waals surface area contributed by atoms with Crippen molar-refractivity contribution in [3.8, 4) is 5.88 Å². The van der Waals surface area contributed by atoms with E-state index in [1.165, 1.54) is 22.2 Å². The molecule has 0 atom stereocenters. The molecule has 1 amide bonds. The molecule has 1 aromatic heterocycles. The van der Waals surface area contributed by atoms with Crippen LogP contribution in [0, 0.1) is 0 Å². The standard InChI is InChI=1S/C25H25Cl2N5O2/c1-24(2)17-9-8-15(12-14(17)10-11-29-24)30-23-28-13-16-21(31-23)34-25(3,4)32(22(16)33)20-18(26)6-5-7-19(20)27/h5-9,12-13,29H,10-11H2,1-4H3,(H,28,30,31). The van der Waals surface area contributed by atoms with Crippen LogP contribution in [0.25, 0.3) is 0 Å². The Labute approximate surface area is 208 Å². The maximum Gasteiger partial charge on any atom is 0.268 e. The van der Waals surface area contributed by atoms with Crippen molar-refractivity contribution in [2.45, 2.75) is 45.4 Å². The summed E-state index contributed by atoms with van der Waals surface area (Å²) < 4.78 is 6.15. The minimum Gasteiger partial charge on any atom is -0.450 e. The third-order valence-corrected chi connectivity index (χ3v) is 6.84. The molecule has 2 aromatic carbocycles. The highest BCUT2D eigenvalue weighted by Crippen LogP contribution is 2.42. The zero-order valence-electron chi connectivity index (χ0n) is 19.4. The summed E-state index contributed by atoms with van der Waals surface area (Å²) >= 11 is 12.8. The number of benzene rings is 2. The molecule has 2 aliphatic heterocycles. The number of nitrogens with one attached hydrogen (secondary N) is 2. The molecule has 2 aliphatic rings. The van der Waals surface area contributed by atoms with E-state index < -0.39 is 5.72 Å². The zero-order valence-corrected chi connectivity index (χ0v) is 20.9. The number of aromatic nitrogens is 2. The van der Waals surface area contributed by atoms with Crippen LogP contribution < -0.4 is 20.3 Å². The van der Waals surface area contributed by atoms with Gasteiger partial charge in [0.15, 0.2) is 5.72 Å². The average molecular weight is 498 g/mol. The van der Waals surface area contributed by atoms with Crippen LogP contribution in [0.1, 0.15) is 49.2 Å². The molecule has 0 fully saturated rings. The van der Waals surface area contributed by atoms with E-state index in [2.05, 4.69) is 46.6 Å². The molecule has 0 unspecified atom stereocenters. The minimum atomic E-state index is -1.07. The SMILES string of the molecule is CC1(C)NCCc2cc(Nc3ncc4c(n3)OC(C)(C)N(c3c(Cl)cccc3Cl)C4=O)ccc21. The summed E-state index contributed by atoms with van der Waals surface area (Å²) in [5.74, 6) is 0.214. The average Bonchev–Trinajstić information content (AvgIpc) is 2.75. The Balaban J connectivity index is 1.46. The van der Waals surface area contributed by atoms with Crippen molar-refractivity contribution >= 4 is 46.4 Å². The molecule has 5 rings (SSSR count). The van der Waals surface area contributed by atoms with Crippen molar-refractivity contribution in [1.82, 2.24) is 15.3 Å². The van der Waals surface area contributed by atoms with Crippen molar-refractivity contribution in [3.05, 3.63) is 69.3 Å². The van der Waals surface area contributed by atoms with E-state index in [1.54, 1.807) is 32.0 Å². The number of carbonyl (C=O) groups excluding carboxylic acids is 1. The van der Waals surface area contributed by atoms with Crippen molar-refractivity contribution in [3.63, 3.8) is 0 Å². The number of carbonyl (C=O) groups is 1. The van der Waals surface area contributed by atoms with Gasteiger partial charge in [-0.05, 0) is 76.1 Å². The summed E-state index contributed by atoms with van der Waals surface area (Å²) in [5.41, 5.74) is 2.93. The molecule has 9 heteroatoms. The van der Waals surface area contributed by atoms with Crippen LogP contribution in [0.5, 0.6) is 5.88 Å². The maximum atomic E-state index is 13.5. The fourth-order valence-electron chi connectivity index (χ4n) is 4.59. The second kappa shape index (κ2) is 8.12. The van der Waals surface area contributed by atoms with Crippen molar-refractivity contribution in [2.24, 2.45) is 0 Å². The van der Waals surface area contributed by atoms with Crippen LogP contribution in [0.3, 0.4) is 0 Å². The van der Waals surface area contributed by atoms with Gasteiger partial charge in [-0.25, -0.2) is 4.98 Å². The number of halogens is 2. The predicted molar refractivity (Wildman–Crippen MR) is 134 cm³/mol. The highest BCUT2D eigenvalue weighted by atomic mass is 35.5. The van der Waals surface area contributed by atoms with Crippen molar-refractivity contribution < 1.29 is 9.53 Å². The van der Waals surface area contributed by atoms with Crippen LogP contribution >= 0.6 is 23.2 Å². The third kappa shape index (κ3) is 3.87. The summed E-state index contributed by atoms with van der Waals surface area (Å²) in [6.07, 6.45) is 2.41. The molecule has 2 N–H and O–H groups in total. The van der Waals surface area contributed by atoms with Gasteiger partial charge in [0.25, 0.3) is 5.91 Å². The van der Waals surface area contributed by atoms with Gasteiger partial charge in [0.05, 0.1) is 15.7 Å². The van der Waals surface area contributed by atoms with Gasteiger partial charge in [-0.1, -0.05) is 35.3 Å². The Morgan fingerprint density at radius 2 is 1.85 bits per heavy atom. The quantitative estimate of drug-likeness (QED) is 0.484. The smallest absolute Gasteiger partial charge is 0.268 e. The van der Waals surface area contributed by atoms with Crippen molar-refractivity contribution in [2.75, 3.05) is 16.8 Å². The second-order valence-corrected chi connectivity index (χ2v) is 10.3. The fraction of sp³-hybridized carbons (Fsp3) is 0.320. The molecule has 34 heavy (non-hydrogen) atoms. The Hall–Kier alpha value is -2.87. The van der Waals surface area contributed by atoms with Gasteiger partial charge in [-0.2, -0.15) is 4.98 Å². The third-order valence-electron chi connectivity index (χ3n) is 6.23. The summed E-state index contributed by atoms with van der Waals surface area (Å²) in [5, 5.41) is 7.49. The first kappa shape index (κ1) is 22.9. The summed E-state index contributed by atoms with van der Waals surface area (Å²) in [6, 6.07) is 11.3. The molecular formula is C25H25Cl2N5O2. The highest BCUT2D eigenvalue weighted by molar-refractivity contribution is 6.40. The van der Waals surface area contributed by atoms with E-state index in [-0.39, 0.29) is 22.9 Å². The van der Waals surface area contributed by atoms with Gasteiger partial charge in [0.2, 0.25) is 11.8 Å². The number of rotatable bonds is 3. The molecular weight excluding hydrogens is 473 g/mol. The van der Waals surface area contributed by atoms with Crippen LogP contribution in [0.15, 0.2) is 42.6 Å². The van der Waals surface area contributed by atoms with E-state index in [9.17, 15) is 4.79 Å².